The summed E-state index contributed by atoms with van der Waals surface area (Å²) in [6, 6.07) is 24.6. The van der Waals surface area contributed by atoms with Gasteiger partial charge in [-0.05, 0) is 35.9 Å². The second-order valence-electron chi connectivity index (χ2n) is 7.05. The Balaban J connectivity index is 1.36. The molecule has 0 atom stereocenters. The lowest BCUT2D eigenvalue weighted by Gasteiger charge is -2.09. The summed E-state index contributed by atoms with van der Waals surface area (Å²) in [7, 11) is -3.78. The monoisotopic (exact) mass is 479 g/mol. The minimum absolute atomic E-state index is 0.00381. The molecule has 0 saturated heterocycles. The van der Waals surface area contributed by atoms with E-state index in [-0.39, 0.29) is 23.6 Å². The third kappa shape index (κ3) is 6.26. The Morgan fingerprint density at radius 3 is 2.42 bits per heavy atom. The lowest BCUT2D eigenvalue weighted by molar-refractivity contribution is 0.0468. The SMILES string of the molecule is O=C(OCc1csc(Nc2ccccc2)n1)c1cccc(S(=O)(=O)NCc2ccccc2)c1. The molecule has 7 nitrogen and oxygen atoms in total. The van der Waals surface area contributed by atoms with Crippen molar-refractivity contribution < 1.29 is 17.9 Å². The number of aromatic nitrogens is 1. The number of hydrogen-bond acceptors (Lipinski definition) is 7. The minimum Gasteiger partial charge on any atom is -0.456 e. The summed E-state index contributed by atoms with van der Waals surface area (Å²) in [4.78, 5) is 16.9. The molecule has 33 heavy (non-hydrogen) atoms. The highest BCUT2D eigenvalue weighted by Gasteiger charge is 2.17. The Morgan fingerprint density at radius 1 is 0.939 bits per heavy atom. The molecule has 0 saturated carbocycles. The molecule has 9 heteroatoms. The van der Waals surface area contributed by atoms with Gasteiger partial charge in [-0.2, -0.15) is 0 Å². The Kier molecular flexibility index (Phi) is 7.13. The fraction of sp³-hybridized carbons (Fsp3) is 0.0833. The van der Waals surface area contributed by atoms with Gasteiger partial charge in [-0.1, -0.05) is 54.6 Å². The van der Waals surface area contributed by atoms with Gasteiger partial charge in [0, 0.05) is 17.6 Å². The maximum absolute atomic E-state index is 12.6. The molecule has 0 amide bonds. The largest absolute Gasteiger partial charge is 0.456 e. The fourth-order valence-corrected chi connectivity index (χ4v) is 4.72. The third-order valence-corrected chi connectivity index (χ3v) is 6.82. The molecule has 1 heterocycles. The first-order valence-electron chi connectivity index (χ1n) is 10.1. The molecule has 0 fully saturated rings. The molecule has 0 spiro atoms. The highest BCUT2D eigenvalue weighted by molar-refractivity contribution is 7.89. The third-order valence-electron chi connectivity index (χ3n) is 4.62. The number of nitrogens with one attached hydrogen (secondary N) is 2. The van der Waals surface area contributed by atoms with Crippen molar-refractivity contribution in [1.29, 1.82) is 0 Å². The van der Waals surface area contributed by atoms with Gasteiger partial charge in [0.05, 0.1) is 16.2 Å². The van der Waals surface area contributed by atoms with Crippen LogP contribution < -0.4 is 10.0 Å². The average Bonchev–Trinajstić information content (AvgIpc) is 3.30. The Labute approximate surface area is 196 Å². The summed E-state index contributed by atoms with van der Waals surface area (Å²) >= 11 is 1.40. The lowest BCUT2D eigenvalue weighted by atomic mass is 10.2. The zero-order valence-electron chi connectivity index (χ0n) is 17.5. The topological polar surface area (TPSA) is 97.4 Å². The van der Waals surface area contributed by atoms with Gasteiger partial charge in [-0.3, -0.25) is 0 Å². The van der Waals surface area contributed by atoms with E-state index in [1.165, 1.54) is 35.6 Å². The number of nitrogens with zero attached hydrogens (tertiary/aromatic N) is 1. The molecule has 0 unspecified atom stereocenters. The number of anilines is 2. The first kappa shape index (κ1) is 22.7. The van der Waals surface area contributed by atoms with Crippen LogP contribution in [0.1, 0.15) is 21.6 Å². The van der Waals surface area contributed by atoms with Gasteiger partial charge in [-0.15, -0.1) is 11.3 Å². The average molecular weight is 480 g/mol. The molecule has 0 bridgehead atoms. The summed E-state index contributed by atoms with van der Waals surface area (Å²) < 4.78 is 33.1. The molecule has 0 aliphatic rings. The van der Waals surface area contributed by atoms with Crippen molar-refractivity contribution in [2.45, 2.75) is 18.0 Å². The molecule has 4 aromatic rings. The van der Waals surface area contributed by atoms with E-state index < -0.39 is 16.0 Å². The van der Waals surface area contributed by atoms with Crippen molar-refractivity contribution >= 4 is 38.1 Å². The van der Waals surface area contributed by atoms with E-state index in [0.717, 1.165) is 11.3 Å². The van der Waals surface area contributed by atoms with Crippen molar-refractivity contribution in [3.8, 4) is 0 Å². The Morgan fingerprint density at radius 2 is 1.67 bits per heavy atom. The summed E-state index contributed by atoms with van der Waals surface area (Å²) in [6.07, 6.45) is 0. The van der Waals surface area contributed by atoms with Crippen LogP contribution >= 0.6 is 11.3 Å². The smallest absolute Gasteiger partial charge is 0.338 e. The van der Waals surface area contributed by atoms with E-state index in [1.807, 2.05) is 60.7 Å². The van der Waals surface area contributed by atoms with Crippen molar-refractivity contribution in [1.82, 2.24) is 9.71 Å². The van der Waals surface area contributed by atoms with E-state index in [0.29, 0.717) is 10.8 Å². The van der Waals surface area contributed by atoms with Gasteiger partial charge in [-0.25, -0.2) is 22.9 Å². The summed E-state index contributed by atoms with van der Waals surface area (Å²) in [5.74, 6) is -0.624. The highest BCUT2D eigenvalue weighted by Crippen LogP contribution is 2.21. The Hall–Kier alpha value is -3.53. The number of ether oxygens (including phenoxy) is 1. The second kappa shape index (κ2) is 10.4. The molecule has 0 aliphatic heterocycles. The minimum atomic E-state index is -3.78. The van der Waals surface area contributed by atoms with Gasteiger partial charge < -0.3 is 10.1 Å². The van der Waals surface area contributed by atoms with Gasteiger partial charge >= 0.3 is 5.97 Å². The van der Waals surface area contributed by atoms with Crippen LogP contribution in [0.25, 0.3) is 0 Å². The van der Waals surface area contributed by atoms with E-state index in [9.17, 15) is 13.2 Å². The lowest BCUT2D eigenvalue weighted by Crippen LogP contribution is -2.23. The first-order chi connectivity index (χ1) is 16.0. The van der Waals surface area contributed by atoms with Crippen LogP contribution in [0.15, 0.2) is 95.2 Å². The zero-order chi connectivity index (χ0) is 23.1. The molecular formula is C24H21N3O4S2. The molecule has 0 radical (unpaired) electrons. The van der Waals surface area contributed by atoms with Gasteiger partial charge in [0.15, 0.2) is 5.13 Å². The fourth-order valence-electron chi connectivity index (χ4n) is 2.95. The van der Waals surface area contributed by atoms with Crippen molar-refractivity contribution in [3.63, 3.8) is 0 Å². The molecule has 4 rings (SSSR count). The number of carbonyl (C=O) groups is 1. The molecule has 3 aromatic carbocycles. The van der Waals surface area contributed by atoms with E-state index >= 15 is 0 Å². The predicted octanol–water partition coefficient (Wildman–Crippen LogP) is 4.72. The number of thiazole rings is 1. The predicted molar refractivity (Wildman–Crippen MR) is 128 cm³/mol. The van der Waals surface area contributed by atoms with Crippen LogP contribution in [0, 0.1) is 0 Å². The second-order valence-corrected chi connectivity index (χ2v) is 9.67. The molecule has 0 aliphatic carbocycles. The van der Waals surface area contributed by atoms with Crippen LogP contribution in [0.3, 0.4) is 0 Å². The van der Waals surface area contributed by atoms with Crippen molar-refractivity contribution in [2.24, 2.45) is 0 Å². The standard InChI is InChI=1S/C24H21N3O4S2/c28-23(31-16-21-17-32-24(27-21)26-20-11-5-2-6-12-20)19-10-7-13-22(14-19)33(29,30)25-15-18-8-3-1-4-9-18/h1-14,17,25H,15-16H2,(H,26,27). The van der Waals surface area contributed by atoms with Gasteiger partial charge in [0.25, 0.3) is 0 Å². The van der Waals surface area contributed by atoms with E-state index in [1.54, 1.807) is 5.38 Å². The number of carbonyl (C=O) groups excluding carboxylic acids is 1. The number of para-hydroxylation sites is 1. The van der Waals surface area contributed by atoms with Crippen LogP contribution in [-0.2, 0) is 27.9 Å². The van der Waals surface area contributed by atoms with Crippen LogP contribution in [0.4, 0.5) is 10.8 Å². The normalized spacial score (nSPS) is 11.2. The maximum atomic E-state index is 12.6. The first-order valence-corrected chi connectivity index (χ1v) is 12.4. The summed E-state index contributed by atoms with van der Waals surface area (Å²) in [5.41, 5.74) is 2.49. The number of benzene rings is 3. The van der Waals surface area contributed by atoms with Crippen LogP contribution in [0.5, 0.6) is 0 Å². The molecular weight excluding hydrogens is 458 g/mol. The molecule has 1 aromatic heterocycles. The zero-order valence-corrected chi connectivity index (χ0v) is 19.1. The molecule has 168 valence electrons. The Bertz CT molecular complexity index is 1320. The van der Waals surface area contributed by atoms with Crippen molar-refractivity contribution in [2.75, 3.05) is 5.32 Å². The summed E-state index contributed by atoms with van der Waals surface area (Å²) in [5, 5.41) is 5.67. The van der Waals surface area contributed by atoms with E-state index in [2.05, 4.69) is 15.0 Å². The van der Waals surface area contributed by atoms with Crippen LogP contribution in [-0.4, -0.2) is 19.4 Å². The highest BCUT2D eigenvalue weighted by atomic mass is 32.2. The van der Waals surface area contributed by atoms with Gasteiger partial charge in [0.1, 0.15) is 6.61 Å². The number of sulfonamides is 1. The molecule has 2 N–H and O–H groups in total. The number of hydrogen-bond donors (Lipinski definition) is 2. The summed E-state index contributed by atoms with van der Waals surface area (Å²) in [6.45, 7) is 0.135. The quantitative estimate of drug-likeness (QED) is 0.337. The van der Waals surface area contributed by atoms with Crippen LogP contribution in [0.2, 0.25) is 0 Å². The van der Waals surface area contributed by atoms with Crippen molar-refractivity contribution in [3.05, 3.63) is 107 Å². The van der Waals surface area contributed by atoms with Gasteiger partial charge in [0.2, 0.25) is 10.0 Å². The number of rotatable bonds is 9. The maximum Gasteiger partial charge on any atom is 0.338 e. The number of esters is 1. The van der Waals surface area contributed by atoms with E-state index in [4.69, 9.17) is 4.74 Å².